The maximum atomic E-state index is 13.9. The topological polar surface area (TPSA) is 68.2 Å². The molecular weight excluding hydrogens is 763 g/mol. The maximum Gasteiger partial charge on any atom is 1.00 e. The van der Waals surface area contributed by atoms with Crippen LogP contribution >= 0.6 is 0 Å². The molecule has 0 fully saturated rings. The summed E-state index contributed by atoms with van der Waals surface area (Å²) < 4.78 is 47.2. The van der Waals surface area contributed by atoms with E-state index in [0.29, 0.717) is 4.90 Å². The van der Waals surface area contributed by atoms with E-state index in [0.717, 1.165) is 44.5 Å². The number of rotatable bonds is 37. The number of alkyl halides is 3. The number of halogens is 3. The Balaban J connectivity index is 0.0000168. The number of hydrogen-bond donors (Lipinski definition) is 0. The largest absolute Gasteiger partial charge is 1.00 e. The molecule has 58 heavy (non-hydrogen) atoms. The van der Waals surface area contributed by atoms with Crippen molar-refractivity contribution in [2.75, 3.05) is 30.0 Å². The fourth-order valence-electron chi connectivity index (χ4n) is 8.03. The molecule has 6 nitrogen and oxygen atoms in total. The summed E-state index contributed by atoms with van der Waals surface area (Å²) in [6.07, 6.45) is 37.1. The van der Waals surface area contributed by atoms with E-state index in [1.165, 1.54) is 193 Å². The van der Waals surface area contributed by atoms with Crippen molar-refractivity contribution < 1.29 is 79.2 Å². The molecule has 0 spiro atoms. The Bertz CT molecular complexity index is 1210. The average Bonchev–Trinajstić information content (AvgIpc) is 3.55. The molecule has 0 radical (unpaired) electrons. The standard InChI is InChI=1S/C48H82F3N3O3.K/c1-4-6-8-10-12-14-16-18-20-22-24-26-28-30-32-34-38-53(39-35-33-31-29-27-25-23-21-19-17-15-13-11-9-7-5-2)42-36-37-44(45(40-42)57-3)54-46(56)43(41-55)52-47(54)48(49,50)51;/h36-37,40-41,55H,4-35,38-39H2,1-3H3;/q;+1/p-1/b43-41+;. The molecule has 1 aliphatic rings. The number of amidine groups is 1. The van der Waals surface area contributed by atoms with Crippen LogP contribution in [-0.4, -0.2) is 38.1 Å². The number of amides is 1. The molecule has 2 rings (SSSR count). The Kier molecular flexibility index (Phi) is 33.6. The number of aliphatic imine (C=N–C) groups is 1. The molecule has 1 heterocycles. The van der Waals surface area contributed by atoms with Gasteiger partial charge in [-0.2, -0.15) is 13.2 Å². The van der Waals surface area contributed by atoms with Crippen LogP contribution in [-0.2, 0) is 4.79 Å². The van der Waals surface area contributed by atoms with Crippen molar-refractivity contribution in [1.29, 1.82) is 0 Å². The molecule has 0 aliphatic carbocycles. The van der Waals surface area contributed by atoms with Gasteiger partial charge in [0.2, 0.25) is 5.84 Å². The molecule has 328 valence electrons. The van der Waals surface area contributed by atoms with Crippen molar-refractivity contribution in [2.45, 2.75) is 225 Å². The first-order valence-electron chi connectivity index (χ1n) is 23.5. The molecule has 1 aliphatic heterocycles. The van der Waals surface area contributed by atoms with Gasteiger partial charge in [0, 0.05) is 24.8 Å². The van der Waals surface area contributed by atoms with Gasteiger partial charge in [-0.3, -0.25) is 9.69 Å². The van der Waals surface area contributed by atoms with Crippen LogP contribution in [0.3, 0.4) is 0 Å². The van der Waals surface area contributed by atoms with Gasteiger partial charge >= 0.3 is 57.6 Å². The van der Waals surface area contributed by atoms with Gasteiger partial charge < -0.3 is 14.7 Å². The molecule has 1 aromatic rings. The third kappa shape index (κ3) is 23.8. The molecule has 0 N–H and O–H groups in total. The first-order valence-corrected chi connectivity index (χ1v) is 23.5. The summed E-state index contributed by atoms with van der Waals surface area (Å²) in [5, 5.41) is 11.3. The maximum absolute atomic E-state index is 13.9. The number of ether oxygens (including phenoxy) is 1. The molecule has 1 amide bonds. The predicted molar refractivity (Wildman–Crippen MR) is 233 cm³/mol. The Morgan fingerprint density at radius 2 is 0.966 bits per heavy atom. The second kappa shape index (κ2) is 35.5. The first-order chi connectivity index (χ1) is 27.8. The van der Waals surface area contributed by atoms with Crippen LogP contribution < -0.4 is 71.0 Å². The van der Waals surface area contributed by atoms with Crippen molar-refractivity contribution in [3.8, 4) is 5.75 Å². The number of carbonyl (C=O) groups excluding carboxylic acids is 1. The van der Waals surface area contributed by atoms with E-state index < -0.39 is 23.6 Å². The number of nitrogens with zero attached hydrogens (tertiary/aromatic N) is 3. The predicted octanol–water partition coefficient (Wildman–Crippen LogP) is 11.5. The minimum absolute atomic E-state index is 0. The summed E-state index contributed by atoms with van der Waals surface area (Å²) in [6, 6.07) is 4.96. The van der Waals surface area contributed by atoms with Crippen LogP contribution in [0, 0.1) is 0 Å². The zero-order chi connectivity index (χ0) is 41.4. The van der Waals surface area contributed by atoms with E-state index >= 15 is 0 Å². The Labute approximate surface area is 395 Å². The molecule has 1 aromatic carbocycles. The van der Waals surface area contributed by atoms with Gasteiger partial charge in [-0.1, -0.05) is 206 Å². The van der Waals surface area contributed by atoms with Crippen LogP contribution in [0.1, 0.15) is 219 Å². The van der Waals surface area contributed by atoms with Gasteiger partial charge in [-0.15, -0.1) is 6.26 Å². The molecule has 0 unspecified atom stereocenters. The van der Waals surface area contributed by atoms with Gasteiger partial charge in [0.05, 0.1) is 12.8 Å². The van der Waals surface area contributed by atoms with Crippen molar-refractivity contribution >= 4 is 23.1 Å². The fraction of sp³-hybridized carbons (Fsp3) is 0.792. The minimum atomic E-state index is -4.92. The van der Waals surface area contributed by atoms with Crippen LogP contribution in [0.5, 0.6) is 5.75 Å². The Morgan fingerprint density at radius 1 is 0.621 bits per heavy atom. The summed E-state index contributed by atoms with van der Waals surface area (Å²) in [5.74, 6) is -2.41. The fourth-order valence-corrected chi connectivity index (χ4v) is 8.03. The SMILES string of the molecule is CCCCCCCCCCCCCCCCCCN(CCCCCCCCCCCCCCCCCC)c1ccc(N2C(=O)/C(=C\[O-])N=C2C(F)(F)F)c(OC)c1.[K+]. The van der Waals surface area contributed by atoms with E-state index in [1.807, 2.05) is 0 Å². The molecule has 0 saturated carbocycles. The number of methoxy groups -OCH3 is 1. The van der Waals surface area contributed by atoms with Gasteiger partial charge in [0.1, 0.15) is 11.4 Å². The van der Waals surface area contributed by atoms with Crippen LogP contribution in [0.15, 0.2) is 35.2 Å². The molecule has 0 bridgehead atoms. The quantitative estimate of drug-likeness (QED) is 0.0290. The van der Waals surface area contributed by atoms with Crippen LogP contribution in [0.2, 0.25) is 0 Å². The molecule has 0 saturated heterocycles. The summed E-state index contributed by atoms with van der Waals surface area (Å²) in [5.41, 5.74) is 0.000252. The normalized spacial score (nSPS) is 13.7. The zero-order valence-electron chi connectivity index (χ0n) is 37.6. The number of carbonyl (C=O) groups is 1. The van der Waals surface area contributed by atoms with Crippen molar-refractivity contribution in [1.82, 2.24) is 0 Å². The Morgan fingerprint density at radius 3 is 1.28 bits per heavy atom. The zero-order valence-corrected chi connectivity index (χ0v) is 40.7. The Hall–Kier alpha value is -1.07. The van der Waals surface area contributed by atoms with Crippen molar-refractivity contribution in [2.24, 2.45) is 4.99 Å². The smallest absolute Gasteiger partial charge is 0.876 e. The molecule has 10 heteroatoms. The van der Waals surface area contributed by atoms with Crippen molar-refractivity contribution in [3.05, 3.63) is 30.2 Å². The summed E-state index contributed by atoms with van der Waals surface area (Å²) >= 11 is 0. The van der Waals surface area contributed by atoms with Gasteiger partial charge in [-0.05, 0) is 25.0 Å². The third-order valence-corrected chi connectivity index (χ3v) is 11.6. The van der Waals surface area contributed by atoms with Crippen molar-refractivity contribution in [3.63, 3.8) is 0 Å². The number of benzene rings is 1. The molecular formula is C48H81F3KN3O3. The minimum Gasteiger partial charge on any atom is -0.876 e. The van der Waals surface area contributed by atoms with E-state index in [-0.39, 0.29) is 69.1 Å². The average molecular weight is 844 g/mol. The van der Waals surface area contributed by atoms with E-state index in [9.17, 15) is 23.1 Å². The van der Waals surface area contributed by atoms with E-state index in [4.69, 9.17) is 4.74 Å². The second-order valence-electron chi connectivity index (χ2n) is 16.5. The third-order valence-electron chi connectivity index (χ3n) is 11.6. The number of anilines is 2. The second-order valence-corrected chi connectivity index (χ2v) is 16.5. The number of unbranched alkanes of at least 4 members (excludes halogenated alkanes) is 30. The summed E-state index contributed by atoms with van der Waals surface area (Å²) in [7, 11) is 1.38. The van der Waals surface area contributed by atoms with Crippen LogP contribution in [0.4, 0.5) is 24.5 Å². The van der Waals surface area contributed by atoms with Gasteiger partial charge in [-0.25, -0.2) is 4.99 Å². The number of hydrogen-bond acceptors (Lipinski definition) is 5. The monoisotopic (exact) mass is 844 g/mol. The van der Waals surface area contributed by atoms with E-state index in [1.54, 1.807) is 12.1 Å². The first kappa shape index (κ1) is 54.9. The molecule has 0 aromatic heterocycles. The van der Waals surface area contributed by atoms with E-state index in [2.05, 4.69) is 23.7 Å². The van der Waals surface area contributed by atoms with Crippen LogP contribution in [0.25, 0.3) is 0 Å². The summed E-state index contributed by atoms with van der Waals surface area (Å²) in [6.45, 7) is 6.23. The van der Waals surface area contributed by atoms with Gasteiger partial charge in [0.25, 0.3) is 5.91 Å². The molecule has 0 atom stereocenters. The van der Waals surface area contributed by atoms with Gasteiger partial charge in [0.15, 0.2) is 0 Å². The summed E-state index contributed by atoms with van der Waals surface area (Å²) in [4.78, 5) is 18.9.